The number of thiocarbonyl (C=S) groups is 1. The van der Waals surface area contributed by atoms with E-state index in [0.29, 0.717) is 24.8 Å². The molecular weight excluding hydrogens is 303 g/mol. The van der Waals surface area contributed by atoms with Crippen molar-refractivity contribution in [1.82, 2.24) is 10.2 Å². The molecule has 0 amide bonds. The lowest BCUT2D eigenvalue weighted by Crippen LogP contribution is -2.47. The van der Waals surface area contributed by atoms with E-state index in [9.17, 15) is 9.18 Å². The minimum atomic E-state index is -0.250. The summed E-state index contributed by atoms with van der Waals surface area (Å²) in [5.74, 6) is -0.507. The highest BCUT2D eigenvalue weighted by Crippen LogP contribution is 2.18. The van der Waals surface area contributed by atoms with Crippen molar-refractivity contribution >= 4 is 23.3 Å². The number of benzene rings is 1. The minimum Gasteiger partial charge on any atom is -0.466 e. The Balaban J connectivity index is 1.83. The lowest BCUT2D eigenvalue weighted by atomic mass is 9.98. The Morgan fingerprint density at radius 1 is 1.45 bits per heavy atom. The van der Waals surface area contributed by atoms with E-state index in [0.717, 1.165) is 24.9 Å². The number of nitrogens with one attached hydrogen (secondary N) is 1. The van der Waals surface area contributed by atoms with Crippen molar-refractivity contribution in [1.29, 1.82) is 0 Å². The van der Waals surface area contributed by atoms with Crippen molar-refractivity contribution < 1.29 is 13.9 Å². The van der Waals surface area contributed by atoms with Crippen LogP contribution in [0, 0.1) is 11.7 Å². The SMILES string of the molecule is CCOC(=O)[C@@H]1CCCN(C(=S)NCc2ccc(F)cc2)C1. The first kappa shape index (κ1) is 16.7. The van der Waals surface area contributed by atoms with Gasteiger partial charge < -0.3 is 15.0 Å². The fourth-order valence-electron chi connectivity index (χ4n) is 2.51. The standard InChI is InChI=1S/C16H21FN2O2S/c1-2-21-15(20)13-4-3-9-19(11-13)16(22)18-10-12-5-7-14(17)8-6-12/h5-8,13H,2-4,9-11H2,1H3,(H,18,22)/t13-/m1/s1. The number of piperidine rings is 1. The van der Waals surface area contributed by atoms with Crippen molar-refractivity contribution in [3.8, 4) is 0 Å². The molecule has 0 aliphatic carbocycles. The fourth-order valence-corrected chi connectivity index (χ4v) is 2.74. The first-order valence-electron chi connectivity index (χ1n) is 7.54. The van der Waals surface area contributed by atoms with Crippen LogP contribution < -0.4 is 5.32 Å². The molecule has 0 unspecified atom stereocenters. The van der Waals surface area contributed by atoms with E-state index < -0.39 is 0 Å². The van der Waals surface area contributed by atoms with Crippen LogP contribution in [0.3, 0.4) is 0 Å². The fraction of sp³-hybridized carbons (Fsp3) is 0.500. The Kier molecular flexibility index (Phi) is 6.12. The lowest BCUT2D eigenvalue weighted by molar-refractivity contribution is -0.149. The Morgan fingerprint density at radius 3 is 2.86 bits per heavy atom. The van der Waals surface area contributed by atoms with E-state index in [1.807, 2.05) is 11.8 Å². The molecule has 0 aromatic heterocycles. The van der Waals surface area contributed by atoms with Gasteiger partial charge in [-0.1, -0.05) is 12.1 Å². The van der Waals surface area contributed by atoms with Crippen molar-refractivity contribution in [3.05, 3.63) is 35.6 Å². The molecule has 0 radical (unpaired) electrons. The number of hydrogen-bond acceptors (Lipinski definition) is 3. The van der Waals surface area contributed by atoms with Crippen LogP contribution in [-0.4, -0.2) is 35.7 Å². The first-order valence-corrected chi connectivity index (χ1v) is 7.95. The number of carbonyl (C=O) groups excluding carboxylic acids is 1. The summed E-state index contributed by atoms with van der Waals surface area (Å²) in [6.07, 6.45) is 1.76. The van der Waals surface area contributed by atoms with E-state index >= 15 is 0 Å². The van der Waals surface area contributed by atoms with E-state index in [4.69, 9.17) is 17.0 Å². The average Bonchev–Trinajstić information content (AvgIpc) is 2.54. The van der Waals surface area contributed by atoms with Crippen LogP contribution in [0.5, 0.6) is 0 Å². The van der Waals surface area contributed by atoms with Crippen LogP contribution in [0.1, 0.15) is 25.3 Å². The maximum atomic E-state index is 12.9. The molecule has 120 valence electrons. The number of likely N-dealkylation sites (tertiary alicyclic amines) is 1. The predicted molar refractivity (Wildman–Crippen MR) is 86.8 cm³/mol. The van der Waals surface area contributed by atoms with E-state index in [-0.39, 0.29) is 17.7 Å². The van der Waals surface area contributed by atoms with Crippen LogP contribution in [0.25, 0.3) is 0 Å². The van der Waals surface area contributed by atoms with Gasteiger partial charge in [-0.2, -0.15) is 0 Å². The number of ether oxygens (including phenoxy) is 1. The average molecular weight is 324 g/mol. The molecule has 1 saturated heterocycles. The maximum absolute atomic E-state index is 12.9. The summed E-state index contributed by atoms with van der Waals surface area (Å²) in [4.78, 5) is 13.8. The van der Waals surface area contributed by atoms with Gasteiger partial charge in [0.15, 0.2) is 5.11 Å². The summed E-state index contributed by atoms with van der Waals surface area (Å²) in [6, 6.07) is 6.31. The lowest BCUT2D eigenvalue weighted by Gasteiger charge is -2.33. The van der Waals surface area contributed by atoms with Crippen LogP contribution in [0.15, 0.2) is 24.3 Å². The zero-order chi connectivity index (χ0) is 15.9. The largest absolute Gasteiger partial charge is 0.466 e. The quantitative estimate of drug-likeness (QED) is 0.681. The third-order valence-electron chi connectivity index (χ3n) is 3.69. The van der Waals surface area contributed by atoms with Crippen molar-refractivity contribution in [2.24, 2.45) is 5.92 Å². The normalized spacial score (nSPS) is 17.9. The Labute approximate surface area is 135 Å². The van der Waals surface area contributed by atoms with Crippen LogP contribution in [0.2, 0.25) is 0 Å². The molecule has 1 fully saturated rings. The number of nitrogens with zero attached hydrogens (tertiary/aromatic N) is 1. The Bertz CT molecular complexity index is 521. The van der Waals surface area contributed by atoms with Gasteiger partial charge >= 0.3 is 5.97 Å². The van der Waals surface area contributed by atoms with Crippen molar-refractivity contribution in [3.63, 3.8) is 0 Å². The zero-order valence-corrected chi connectivity index (χ0v) is 13.5. The molecule has 1 aliphatic heterocycles. The van der Waals surface area contributed by atoms with Gasteiger partial charge in [0.2, 0.25) is 0 Å². The molecule has 1 atom stereocenters. The van der Waals surface area contributed by atoms with E-state index in [1.165, 1.54) is 12.1 Å². The second-order valence-electron chi connectivity index (χ2n) is 5.32. The van der Waals surface area contributed by atoms with E-state index in [2.05, 4.69) is 5.32 Å². The summed E-state index contributed by atoms with van der Waals surface area (Å²) in [7, 11) is 0. The van der Waals surface area contributed by atoms with Crippen molar-refractivity contribution in [2.75, 3.05) is 19.7 Å². The highest BCUT2D eigenvalue weighted by Gasteiger charge is 2.27. The molecule has 0 saturated carbocycles. The van der Waals surface area contributed by atoms with Crippen LogP contribution >= 0.6 is 12.2 Å². The van der Waals surface area contributed by atoms with Crippen LogP contribution in [0.4, 0.5) is 4.39 Å². The second kappa shape index (κ2) is 8.08. The molecule has 1 aliphatic rings. The molecule has 1 aromatic rings. The Hall–Kier alpha value is -1.69. The van der Waals surface area contributed by atoms with E-state index in [1.54, 1.807) is 12.1 Å². The van der Waals surface area contributed by atoms with Gasteiger partial charge in [0.05, 0.1) is 12.5 Å². The third-order valence-corrected chi connectivity index (χ3v) is 4.09. The third kappa shape index (κ3) is 4.66. The molecule has 22 heavy (non-hydrogen) atoms. The van der Waals surface area contributed by atoms with Gasteiger partial charge in [0, 0.05) is 19.6 Å². The first-order chi connectivity index (χ1) is 10.6. The van der Waals surface area contributed by atoms with Gasteiger partial charge in [0.25, 0.3) is 0 Å². The van der Waals surface area contributed by atoms with Gasteiger partial charge in [-0.05, 0) is 49.7 Å². The number of halogens is 1. The summed E-state index contributed by atoms with van der Waals surface area (Å²) in [6.45, 7) is 4.19. The molecule has 1 heterocycles. The molecular formula is C16H21FN2O2S. The molecule has 1 aromatic carbocycles. The maximum Gasteiger partial charge on any atom is 0.310 e. The predicted octanol–water partition coefficient (Wildman–Crippen LogP) is 2.48. The molecule has 4 nitrogen and oxygen atoms in total. The summed E-state index contributed by atoms with van der Waals surface area (Å²) < 4.78 is 17.9. The van der Waals surface area contributed by atoms with Gasteiger partial charge in [-0.15, -0.1) is 0 Å². The highest BCUT2D eigenvalue weighted by atomic mass is 32.1. The zero-order valence-electron chi connectivity index (χ0n) is 12.7. The monoisotopic (exact) mass is 324 g/mol. The van der Waals surface area contributed by atoms with Gasteiger partial charge in [-0.3, -0.25) is 4.79 Å². The summed E-state index contributed by atoms with van der Waals surface area (Å²) in [5.41, 5.74) is 0.961. The number of rotatable bonds is 4. The smallest absolute Gasteiger partial charge is 0.310 e. The molecule has 0 spiro atoms. The number of esters is 1. The van der Waals surface area contributed by atoms with Crippen molar-refractivity contribution in [2.45, 2.75) is 26.3 Å². The number of hydrogen-bond donors (Lipinski definition) is 1. The molecule has 1 N–H and O–H groups in total. The molecule has 6 heteroatoms. The highest BCUT2D eigenvalue weighted by molar-refractivity contribution is 7.80. The minimum absolute atomic E-state index is 0.112. The molecule has 2 rings (SSSR count). The van der Waals surface area contributed by atoms with Gasteiger partial charge in [-0.25, -0.2) is 4.39 Å². The van der Waals surface area contributed by atoms with Gasteiger partial charge in [0.1, 0.15) is 5.82 Å². The summed E-state index contributed by atoms with van der Waals surface area (Å²) >= 11 is 5.39. The summed E-state index contributed by atoms with van der Waals surface area (Å²) in [5, 5.41) is 3.79. The van der Waals surface area contributed by atoms with Crippen LogP contribution in [-0.2, 0) is 16.1 Å². The topological polar surface area (TPSA) is 41.6 Å². The number of carbonyl (C=O) groups is 1. The Morgan fingerprint density at radius 2 is 2.18 bits per heavy atom. The molecule has 0 bridgehead atoms. The second-order valence-corrected chi connectivity index (χ2v) is 5.71.